The van der Waals surface area contributed by atoms with Crippen molar-refractivity contribution >= 4 is 23.6 Å². The molecule has 2 heterocycles. The number of urea groups is 1. The van der Waals surface area contributed by atoms with Gasteiger partial charge in [-0.3, -0.25) is 9.78 Å². The average molecular weight is 450 g/mol. The van der Waals surface area contributed by atoms with Gasteiger partial charge in [-0.1, -0.05) is 11.6 Å². The predicted octanol–water partition coefficient (Wildman–Crippen LogP) is 2.92. The standard InChI is InChI=1S/C21H25ClFN5O3/c1-12-7-13(17(23)8-16(12)22)10-24-21(31)28(14-4-5-14)15-3-2-6-27(11-15)20-25-18(29)9-19(30)26-20/h7-9,14-15H,2-6,10-11H2,1H3,(H,24,31)(H2,25,26,29,30)/t15-/m1/s1. The zero-order valence-electron chi connectivity index (χ0n) is 17.2. The van der Waals surface area contributed by atoms with Gasteiger partial charge in [-0.05, 0) is 50.3 Å². The van der Waals surface area contributed by atoms with Gasteiger partial charge in [0, 0.05) is 36.3 Å². The second-order valence-corrected chi connectivity index (χ2v) is 8.57. The molecule has 0 radical (unpaired) electrons. The van der Waals surface area contributed by atoms with Crippen molar-refractivity contribution in [3.05, 3.63) is 50.5 Å². The summed E-state index contributed by atoms with van der Waals surface area (Å²) >= 11 is 5.95. The average Bonchev–Trinajstić information content (AvgIpc) is 3.54. The third-order valence-electron chi connectivity index (χ3n) is 5.74. The largest absolute Gasteiger partial charge is 0.493 e. The summed E-state index contributed by atoms with van der Waals surface area (Å²) in [4.78, 5) is 35.1. The van der Waals surface area contributed by atoms with Gasteiger partial charge in [0.25, 0.3) is 5.56 Å². The van der Waals surface area contributed by atoms with E-state index in [0.717, 1.165) is 37.3 Å². The van der Waals surface area contributed by atoms with Crippen LogP contribution in [0.15, 0.2) is 23.0 Å². The minimum absolute atomic E-state index is 0.0732. The first-order valence-corrected chi connectivity index (χ1v) is 10.8. The van der Waals surface area contributed by atoms with Crippen molar-refractivity contribution in [2.45, 2.75) is 51.2 Å². The number of benzene rings is 1. The molecule has 2 amide bonds. The Labute approximate surface area is 184 Å². The number of aryl methyl sites for hydroxylation is 1. The van der Waals surface area contributed by atoms with Crippen molar-refractivity contribution in [3.8, 4) is 5.88 Å². The number of H-pyrrole nitrogens is 1. The molecule has 10 heteroatoms. The Bertz CT molecular complexity index is 1040. The van der Waals surface area contributed by atoms with E-state index in [1.54, 1.807) is 13.0 Å². The molecule has 3 N–H and O–H groups in total. The molecule has 1 aliphatic carbocycles. The first kappa shape index (κ1) is 21.4. The molecule has 2 aliphatic rings. The third kappa shape index (κ3) is 4.92. The summed E-state index contributed by atoms with van der Waals surface area (Å²) in [5.41, 5.74) is 0.710. The molecule has 2 aromatic rings. The van der Waals surface area contributed by atoms with Crippen molar-refractivity contribution in [2.24, 2.45) is 0 Å². The number of piperidine rings is 1. The number of halogens is 2. The molecule has 166 valence electrons. The number of aromatic amines is 1. The number of hydrogen-bond acceptors (Lipinski definition) is 5. The lowest BCUT2D eigenvalue weighted by atomic mass is 10.0. The molecule has 1 atom stereocenters. The molecule has 1 saturated carbocycles. The van der Waals surface area contributed by atoms with Crippen molar-refractivity contribution in [2.75, 3.05) is 18.0 Å². The van der Waals surface area contributed by atoms with E-state index in [2.05, 4.69) is 15.3 Å². The molecule has 0 unspecified atom stereocenters. The maximum absolute atomic E-state index is 14.2. The van der Waals surface area contributed by atoms with Gasteiger partial charge < -0.3 is 20.2 Å². The van der Waals surface area contributed by atoms with Gasteiger partial charge in [0.05, 0.1) is 12.1 Å². The monoisotopic (exact) mass is 449 g/mol. The normalized spacial score (nSPS) is 18.7. The Balaban J connectivity index is 1.46. The zero-order chi connectivity index (χ0) is 22.1. The molecule has 1 aromatic carbocycles. The summed E-state index contributed by atoms with van der Waals surface area (Å²) in [5.74, 6) is -0.487. The van der Waals surface area contributed by atoms with Crippen LogP contribution in [0.25, 0.3) is 0 Å². The van der Waals surface area contributed by atoms with Gasteiger partial charge in [0.15, 0.2) is 0 Å². The smallest absolute Gasteiger partial charge is 0.318 e. The lowest BCUT2D eigenvalue weighted by Crippen LogP contribution is -2.54. The molecule has 8 nitrogen and oxygen atoms in total. The van der Waals surface area contributed by atoms with Crippen molar-refractivity contribution in [3.63, 3.8) is 0 Å². The Morgan fingerprint density at radius 1 is 1.35 bits per heavy atom. The fraction of sp³-hybridized carbons (Fsp3) is 0.476. The molecule has 4 rings (SSSR count). The first-order valence-electron chi connectivity index (χ1n) is 10.4. The van der Waals surface area contributed by atoms with Crippen molar-refractivity contribution < 1.29 is 14.3 Å². The number of rotatable bonds is 5. The second-order valence-electron chi connectivity index (χ2n) is 8.16. The van der Waals surface area contributed by atoms with Crippen LogP contribution in [0.2, 0.25) is 5.02 Å². The van der Waals surface area contributed by atoms with Crippen LogP contribution in [0.3, 0.4) is 0 Å². The first-order chi connectivity index (χ1) is 14.8. The van der Waals surface area contributed by atoms with Gasteiger partial charge >= 0.3 is 6.03 Å². The van der Waals surface area contributed by atoms with Crippen LogP contribution in [-0.4, -0.2) is 51.2 Å². The van der Waals surface area contributed by atoms with Crippen molar-refractivity contribution in [1.82, 2.24) is 20.2 Å². The quantitative estimate of drug-likeness (QED) is 0.651. The number of aromatic hydroxyl groups is 1. The minimum Gasteiger partial charge on any atom is -0.493 e. The van der Waals surface area contributed by atoms with Crippen LogP contribution in [-0.2, 0) is 6.54 Å². The van der Waals surface area contributed by atoms with Crippen LogP contribution in [0.4, 0.5) is 15.1 Å². The minimum atomic E-state index is -0.448. The molecule has 1 aliphatic heterocycles. The number of nitrogens with one attached hydrogen (secondary N) is 2. The van der Waals surface area contributed by atoms with Gasteiger partial charge in [-0.15, -0.1) is 0 Å². The fourth-order valence-corrected chi connectivity index (χ4v) is 4.20. The van der Waals surface area contributed by atoms with E-state index in [9.17, 15) is 19.1 Å². The number of carbonyl (C=O) groups excluding carboxylic acids is 1. The van der Waals surface area contributed by atoms with Crippen LogP contribution in [0.1, 0.15) is 36.8 Å². The summed E-state index contributed by atoms with van der Waals surface area (Å²) < 4.78 is 14.2. The maximum Gasteiger partial charge on any atom is 0.318 e. The van der Waals surface area contributed by atoms with Crippen LogP contribution < -0.4 is 15.8 Å². The molecule has 31 heavy (non-hydrogen) atoms. The van der Waals surface area contributed by atoms with Gasteiger partial charge in [-0.2, -0.15) is 4.98 Å². The number of carbonyl (C=O) groups is 1. The summed E-state index contributed by atoms with van der Waals surface area (Å²) in [7, 11) is 0. The predicted molar refractivity (Wildman–Crippen MR) is 115 cm³/mol. The van der Waals surface area contributed by atoms with Gasteiger partial charge in [-0.25, -0.2) is 9.18 Å². The third-order valence-corrected chi connectivity index (χ3v) is 6.14. The van der Waals surface area contributed by atoms with Crippen LogP contribution in [0, 0.1) is 12.7 Å². The highest BCUT2D eigenvalue weighted by Gasteiger charge is 2.39. The van der Waals surface area contributed by atoms with Gasteiger partial charge in [0.1, 0.15) is 5.82 Å². The summed E-state index contributed by atoms with van der Waals surface area (Å²) in [5, 5.41) is 12.9. The number of hydrogen-bond donors (Lipinski definition) is 3. The van der Waals surface area contributed by atoms with E-state index in [1.807, 2.05) is 9.80 Å². The SMILES string of the molecule is Cc1cc(CNC(=O)N(C2CC2)[C@@H]2CCCN(c3nc(O)cc(=O)[nH]3)C2)c(F)cc1Cl. The zero-order valence-corrected chi connectivity index (χ0v) is 18.0. The summed E-state index contributed by atoms with van der Waals surface area (Å²) in [6.07, 6.45) is 3.49. The second kappa shape index (κ2) is 8.74. The van der Waals surface area contributed by atoms with Crippen LogP contribution in [0.5, 0.6) is 5.88 Å². The molecule has 1 aromatic heterocycles. The van der Waals surface area contributed by atoms with Crippen LogP contribution >= 0.6 is 11.6 Å². The highest BCUT2D eigenvalue weighted by Crippen LogP contribution is 2.32. The van der Waals surface area contributed by atoms with E-state index in [-0.39, 0.29) is 30.5 Å². The van der Waals surface area contributed by atoms with E-state index in [0.29, 0.717) is 29.6 Å². The van der Waals surface area contributed by atoms with E-state index >= 15 is 0 Å². The molecule has 0 spiro atoms. The lowest BCUT2D eigenvalue weighted by Gasteiger charge is -2.39. The molecule has 2 fully saturated rings. The topological polar surface area (TPSA) is 102 Å². The molecular formula is C21H25ClFN5O3. The summed E-state index contributed by atoms with van der Waals surface area (Å²) in [6.45, 7) is 3.02. The number of anilines is 1. The van der Waals surface area contributed by atoms with E-state index in [4.69, 9.17) is 11.6 Å². The van der Waals surface area contributed by atoms with Crippen molar-refractivity contribution in [1.29, 1.82) is 0 Å². The molecular weight excluding hydrogens is 425 g/mol. The Kier molecular flexibility index (Phi) is 6.04. The number of aromatic nitrogens is 2. The Morgan fingerprint density at radius 2 is 2.13 bits per heavy atom. The molecule has 0 bridgehead atoms. The Morgan fingerprint density at radius 3 is 2.84 bits per heavy atom. The Hall–Kier alpha value is -2.81. The molecule has 1 saturated heterocycles. The van der Waals surface area contributed by atoms with E-state index in [1.165, 1.54) is 6.07 Å². The highest BCUT2D eigenvalue weighted by molar-refractivity contribution is 6.31. The number of nitrogens with zero attached hydrogens (tertiary/aromatic N) is 3. The summed E-state index contributed by atoms with van der Waals surface area (Å²) in [6, 6.07) is 3.76. The van der Waals surface area contributed by atoms with E-state index < -0.39 is 11.4 Å². The lowest BCUT2D eigenvalue weighted by molar-refractivity contribution is 0.160. The number of amides is 2. The fourth-order valence-electron chi connectivity index (χ4n) is 4.05. The van der Waals surface area contributed by atoms with Gasteiger partial charge in [0.2, 0.25) is 11.8 Å². The highest BCUT2D eigenvalue weighted by atomic mass is 35.5. The maximum atomic E-state index is 14.2.